The summed E-state index contributed by atoms with van der Waals surface area (Å²) >= 11 is 0. The second kappa shape index (κ2) is 5.61. The van der Waals surface area contributed by atoms with Crippen molar-refractivity contribution in [3.8, 4) is 5.75 Å². The van der Waals surface area contributed by atoms with Gasteiger partial charge in [-0.1, -0.05) is 13.8 Å². The Morgan fingerprint density at radius 2 is 1.83 bits per heavy atom. The maximum Gasteiger partial charge on any atom is 0.122 e. The van der Waals surface area contributed by atoms with Crippen LogP contribution in [0.5, 0.6) is 5.75 Å². The van der Waals surface area contributed by atoms with E-state index < -0.39 is 0 Å². The van der Waals surface area contributed by atoms with E-state index in [1.165, 1.54) is 16.8 Å². The van der Waals surface area contributed by atoms with Crippen LogP contribution in [0.1, 0.15) is 25.0 Å². The molecule has 0 unspecified atom stereocenters. The third kappa shape index (κ3) is 3.16. The molecule has 0 aliphatic rings. The van der Waals surface area contributed by atoms with Gasteiger partial charge in [-0.15, -0.1) is 0 Å². The summed E-state index contributed by atoms with van der Waals surface area (Å²) in [7, 11) is 3.83. The molecule has 0 radical (unpaired) electrons. The Labute approximate surface area is 111 Å². The van der Waals surface area contributed by atoms with Crippen molar-refractivity contribution in [1.29, 1.82) is 0 Å². The number of benzene rings is 1. The van der Waals surface area contributed by atoms with E-state index in [4.69, 9.17) is 10.5 Å². The molecule has 102 valence electrons. The van der Waals surface area contributed by atoms with Crippen LogP contribution in [0, 0.1) is 19.3 Å². The third-order valence-electron chi connectivity index (χ3n) is 3.56. The number of hydrogen-bond acceptors (Lipinski definition) is 3. The first-order valence-electron chi connectivity index (χ1n) is 6.38. The van der Waals surface area contributed by atoms with Gasteiger partial charge in [-0.2, -0.15) is 0 Å². The van der Waals surface area contributed by atoms with Crippen molar-refractivity contribution in [2.45, 2.75) is 27.7 Å². The number of hydrogen-bond donors (Lipinski definition) is 1. The molecule has 0 heterocycles. The highest BCUT2D eigenvalue weighted by Crippen LogP contribution is 2.30. The maximum atomic E-state index is 5.80. The molecule has 0 bridgehead atoms. The van der Waals surface area contributed by atoms with Crippen LogP contribution in [-0.2, 0) is 0 Å². The van der Waals surface area contributed by atoms with E-state index in [1.807, 2.05) is 6.07 Å². The van der Waals surface area contributed by atoms with Gasteiger partial charge in [0, 0.05) is 19.3 Å². The Hall–Kier alpha value is -1.22. The van der Waals surface area contributed by atoms with Gasteiger partial charge in [0.05, 0.1) is 7.11 Å². The van der Waals surface area contributed by atoms with Crippen LogP contribution in [0.2, 0.25) is 0 Å². The smallest absolute Gasteiger partial charge is 0.122 e. The van der Waals surface area contributed by atoms with Gasteiger partial charge in [-0.25, -0.2) is 0 Å². The Bertz CT molecular complexity index is 413. The Morgan fingerprint density at radius 1 is 1.22 bits per heavy atom. The fraction of sp³-hybridized carbons (Fsp3) is 0.600. The molecule has 0 saturated heterocycles. The van der Waals surface area contributed by atoms with Crippen molar-refractivity contribution < 1.29 is 4.74 Å². The lowest BCUT2D eigenvalue weighted by molar-refractivity contribution is 0.384. The van der Waals surface area contributed by atoms with Gasteiger partial charge in [-0.05, 0) is 49.1 Å². The van der Waals surface area contributed by atoms with E-state index in [-0.39, 0.29) is 5.41 Å². The predicted octanol–water partition coefficient (Wildman–Crippen LogP) is 2.73. The summed E-state index contributed by atoms with van der Waals surface area (Å²) in [4.78, 5) is 2.27. The van der Waals surface area contributed by atoms with Crippen molar-refractivity contribution in [2.24, 2.45) is 11.1 Å². The van der Waals surface area contributed by atoms with Crippen LogP contribution in [0.4, 0.5) is 5.69 Å². The topological polar surface area (TPSA) is 38.5 Å². The van der Waals surface area contributed by atoms with E-state index in [0.717, 1.165) is 12.3 Å². The highest BCUT2D eigenvalue weighted by molar-refractivity contribution is 5.59. The summed E-state index contributed by atoms with van der Waals surface area (Å²) in [5, 5.41) is 0. The second-order valence-electron chi connectivity index (χ2n) is 5.76. The zero-order valence-corrected chi connectivity index (χ0v) is 12.5. The van der Waals surface area contributed by atoms with Crippen molar-refractivity contribution in [1.82, 2.24) is 0 Å². The lowest BCUT2D eigenvalue weighted by Gasteiger charge is -2.32. The Morgan fingerprint density at radius 3 is 2.33 bits per heavy atom. The zero-order chi connectivity index (χ0) is 13.9. The monoisotopic (exact) mass is 250 g/mol. The molecule has 0 atom stereocenters. The van der Waals surface area contributed by atoms with Crippen molar-refractivity contribution >= 4 is 5.69 Å². The Kier molecular flexibility index (Phi) is 4.63. The molecule has 0 saturated carbocycles. The molecular weight excluding hydrogens is 224 g/mol. The summed E-state index contributed by atoms with van der Waals surface area (Å²) < 4.78 is 5.34. The molecule has 0 fully saturated rings. The first kappa shape index (κ1) is 14.8. The average Bonchev–Trinajstić information content (AvgIpc) is 2.32. The molecule has 0 aromatic heterocycles. The maximum absolute atomic E-state index is 5.80. The van der Waals surface area contributed by atoms with E-state index in [2.05, 4.69) is 45.7 Å². The average molecular weight is 250 g/mol. The van der Waals surface area contributed by atoms with Crippen LogP contribution < -0.4 is 15.4 Å². The van der Waals surface area contributed by atoms with E-state index in [9.17, 15) is 0 Å². The molecule has 0 aliphatic carbocycles. The van der Waals surface area contributed by atoms with Crippen LogP contribution in [0.15, 0.2) is 12.1 Å². The fourth-order valence-electron chi connectivity index (χ4n) is 2.21. The van der Waals surface area contributed by atoms with Gasteiger partial charge >= 0.3 is 0 Å². The summed E-state index contributed by atoms with van der Waals surface area (Å²) in [6, 6.07) is 4.15. The number of anilines is 1. The summed E-state index contributed by atoms with van der Waals surface area (Å²) in [5.74, 6) is 0.947. The molecule has 1 aromatic rings. The molecule has 0 aliphatic heterocycles. The molecule has 0 spiro atoms. The highest BCUT2D eigenvalue weighted by atomic mass is 16.5. The largest absolute Gasteiger partial charge is 0.496 e. The van der Waals surface area contributed by atoms with Gasteiger partial charge in [0.1, 0.15) is 5.75 Å². The van der Waals surface area contributed by atoms with Gasteiger partial charge in [0.15, 0.2) is 0 Å². The predicted molar refractivity (Wildman–Crippen MR) is 78.6 cm³/mol. The molecule has 3 nitrogen and oxygen atoms in total. The number of ether oxygens (including phenoxy) is 1. The quantitative estimate of drug-likeness (QED) is 0.873. The normalized spacial score (nSPS) is 11.5. The lowest BCUT2D eigenvalue weighted by atomic mass is 9.92. The van der Waals surface area contributed by atoms with Crippen molar-refractivity contribution in [3.05, 3.63) is 23.3 Å². The minimum Gasteiger partial charge on any atom is -0.496 e. The number of nitrogens with zero attached hydrogens (tertiary/aromatic N) is 1. The number of methoxy groups -OCH3 is 1. The SMILES string of the molecule is COc1ccc(N(C)CC(C)(C)CN)c(C)c1C. The standard InChI is InChI=1S/C15H26N2O/c1-11-12(2)14(18-6)8-7-13(11)17(5)10-15(3,4)9-16/h7-8H,9-10,16H2,1-6H3. The molecule has 2 N–H and O–H groups in total. The number of rotatable bonds is 5. The zero-order valence-electron chi connectivity index (χ0n) is 12.5. The van der Waals surface area contributed by atoms with Crippen LogP contribution >= 0.6 is 0 Å². The van der Waals surface area contributed by atoms with Crippen LogP contribution in [-0.4, -0.2) is 27.2 Å². The minimum absolute atomic E-state index is 0.120. The summed E-state index contributed by atoms with van der Waals surface area (Å²) in [5.41, 5.74) is 9.63. The highest BCUT2D eigenvalue weighted by Gasteiger charge is 2.20. The van der Waals surface area contributed by atoms with E-state index >= 15 is 0 Å². The summed E-state index contributed by atoms with van der Waals surface area (Å²) in [6.45, 7) is 10.2. The fourth-order valence-corrected chi connectivity index (χ4v) is 2.21. The number of nitrogens with two attached hydrogens (primary N) is 1. The minimum atomic E-state index is 0.120. The van der Waals surface area contributed by atoms with E-state index in [1.54, 1.807) is 7.11 Å². The van der Waals surface area contributed by atoms with Crippen molar-refractivity contribution in [3.63, 3.8) is 0 Å². The van der Waals surface area contributed by atoms with Gasteiger partial charge in [0.2, 0.25) is 0 Å². The molecule has 3 heteroatoms. The van der Waals surface area contributed by atoms with Gasteiger partial charge in [-0.3, -0.25) is 0 Å². The first-order valence-corrected chi connectivity index (χ1v) is 6.38. The van der Waals surface area contributed by atoms with Crippen molar-refractivity contribution in [2.75, 3.05) is 32.1 Å². The molecule has 0 amide bonds. The lowest BCUT2D eigenvalue weighted by Crippen LogP contribution is -2.37. The first-order chi connectivity index (χ1) is 8.32. The molecular formula is C15H26N2O. The molecule has 18 heavy (non-hydrogen) atoms. The molecule has 1 rings (SSSR count). The van der Waals surface area contributed by atoms with Gasteiger partial charge in [0.25, 0.3) is 0 Å². The van der Waals surface area contributed by atoms with Crippen LogP contribution in [0.3, 0.4) is 0 Å². The Balaban J connectivity index is 3.00. The molecule has 1 aromatic carbocycles. The third-order valence-corrected chi connectivity index (χ3v) is 3.56. The van der Waals surface area contributed by atoms with Crippen LogP contribution in [0.25, 0.3) is 0 Å². The van der Waals surface area contributed by atoms with Gasteiger partial charge < -0.3 is 15.4 Å². The summed E-state index contributed by atoms with van der Waals surface area (Å²) in [6.07, 6.45) is 0. The van der Waals surface area contributed by atoms with E-state index in [0.29, 0.717) is 6.54 Å². The second-order valence-corrected chi connectivity index (χ2v) is 5.76.